The van der Waals surface area contributed by atoms with Crippen molar-refractivity contribution < 1.29 is 9.00 Å². The zero-order chi connectivity index (χ0) is 13.0. The lowest BCUT2D eigenvalue weighted by molar-refractivity contribution is -0.121. The Morgan fingerprint density at radius 3 is 2.67 bits per heavy atom. The van der Waals surface area contributed by atoms with E-state index in [-0.39, 0.29) is 11.9 Å². The summed E-state index contributed by atoms with van der Waals surface area (Å²) in [7, 11) is -0.689. The molecule has 1 aliphatic heterocycles. The SMILES string of the molecule is Nc1ccccc1CC(=O)NC1CCS(=O)CC1. The second kappa shape index (κ2) is 6.00. The largest absolute Gasteiger partial charge is 0.398 e. The Balaban J connectivity index is 1.86. The van der Waals surface area contributed by atoms with Gasteiger partial charge in [-0.25, -0.2) is 0 Å². The van der Waals surface area contributed by atoms with E-state index in [0.29, 0.717) is 23.6 Å². The van der Waals surface area contributed by atoms with Gasteiger partial charge in [0.25, 0.3) is 0 Å². The third-order valence-electron chi connectivity index (χ3n) is 3.16. The van der Waals surface area contributed by atoms with Gasteiger partial charge in [0, 0.05) is 34.0 Å². The molecule has 1 aromatic rings. The van der Waals surface area contributed by atoms with Crippen molar-refractivity contribution in [1.82, 2.24) is 5.32 Å². The highest BCUT2D eigenvalue weighted by Crippen LogP contribution is 2.13. The Hall–Kier alpha value is -1.36. The van der Waals surface area contributed by atoms with Gasteiger partial charge < -0.3 is 11.1 Å². The highest BCUT2D eigenvalue weighted by molar-refractivity contribution is 7.85. The van der Waals surface area contributed by atoms with E-state index in [4.69, 9.17) is 5.73 Å². The van der Waals surface area contributed by atoms with Crippen LogP contribution in [0.25, 0.3) is 0 Å². The molecular weight excluding hydrogens is 248 g/mol. The maximum atomic E-state index is 11.9. The van der Waals surface area contributed by atoms with Crippen LogP contribution < -0.4 is 11.1 Å². The predicted octanol–water partition coefficient (Wildman–Crippen LogP) is 0.839. The van der Waals surface area contributed by atoms with Crippen molar-refractivity contribution in [3.8, 4) is 0 Å². The van der Waals surface area contributed by atoms with Gasteiger partial charge in [-0.3, -0.25) is 9.00 Å². The molecule has 1 aromatic carbocycles. The number of rotatable bonds is 3. The fourth-order valence-corrected chi connectivity index (χ4v) is 3.38. The van der Waals surface area contributed by atoms with Crippen molar-refractivity contribution in [3.63, 3.8) is 0 Å². The van der Waals surface area contributed by atoms with Gasteiger partial charge in [-0.05, 0) is 24.5 Å². The molecule has 98 valence electrons. The molecule has 1 amide bonds. The number of hydrogen-bond acceptors (Lipinski definition) is 3. The fourth-order valence-electron chi connectivity index (χ4n) is 2.09. The number of benzene rings is 1. The first-order valence-corrected chi connectivity index (χ1v) is 7.61. The van der Waals surface area contributed by atoms with E-state index < -0.39 is 10.8 Å². The van der Waals surface area contributed by atoms with Gasteiger partial charge >= 0.3 is 0 Å². The molecule has 3 N–H and O–H groups in total. The molecule has 4 nitrogen and oxygen atoms in total. The molecule has 0 atom stereocenters. The lowest BCUT2D eigenvalue weighted by atomic mass is 10.1. The van der Waals surface area contributed by atoms with Crippen molar-refractivity contribution in [2.75, 3.05) is 17.2 Å². The van der Waals surface area contributed by atoms with Gasteiger partial charge in [0.15, 0.2) is 0 Å². The quantitative estimate of drug-likeness (QED) is 0.796. The zero-order valence-corrected chi connectivity index (χ0v) is 11.0. The molecule has 1 heterocycles. The molecule has 0 aliphatic carbocycles. The van der Waals surface area contributed by atoms with Crippen molar-refractivity contribution in [2.24, 2.45) is 0 Å². The van der Waals surface area contributed by atoms with Gasteiger partial charge in [-0.15, -0.1) is 0 Å². The van der Waals surface area contributed by atoms with Gasteiger partial charge in [-0.2, -0.15) is 0 Å². The number of amides is 1. The number of nitrogens with one attached hydrogen (secondary N) is 1. The van der Waals surface area contributed by atoms with Crippen LogP contribution in [0.3, 0.4) is 0 Å². The highest BCUT2D eigenvalue weighted by atomic mass is 32.2. The van der Waals surface area contributed by atoms with Crippen LogP contribution in [0.1, 0.15) is 18.4 Å². The summed E-state index contributed by atoms with van der Waals surface area (Å²) in [5, 5.41) is 2.99. The molecule has 0 aromatic heterocycles. The molecule has 0 radical (unpaired) electrons. The van der Waals surface area contributed by atoms with Crippen LogP contribution in [0, 0.1) is 0 Å². The molecule has 2 rings (SSSR count). The predicted molar refractivity (Wildman–Crippen MR) is 73.6 cm³/mol. The molecule has 0 unspecified atom stereocenters. The van der Waals surface area contributed by atoms with Gasteiger partial charge in [-0.1, -0.05) is 18.2 Å². The first kappa shape index (κ1) is 13.1. The lowest BCUT2D eigenvalue weighted by Crippen LogP contribution is -2.40. The first-order chi connectivity index (χ1) is 8.65. The van der Waals surface area contributed by atoms with Crippen molar-refractivity contribution >= 4 is 22.4 Å². The molecule has 0 saturated carbocycles. The molecule has 5 heteroatoms. The number of nitrogen functional groups attached to an aromatic ring is 1. The maximum absolute atomic E-state index is 11.9. The van der Waals surface area contributed by atoms with Gasteiger partial charge in [0.2, 0.25) is 5.91 Å². The van der Waals surface area contributed by atoms with E-state index in [1.807, 2.05) is 18.2 Å². The molecular formula is C13H18N2O2S. The maximum Gasteiger partial charge on any atom is 0.224 e. The normalized spacial score (nSPS) is 23.6. The molecule has 18 heavy (non-hydrogen) atoms. The number of hydrogen-bond donors (Lipinski definition) is 2. The molecule has 1 aliphatic rings. The molecule has 0 bridgehead atoms. The number of carbonyl (C=O) groups excluding carboxylic acids is 1. The Kier molecular flexibility index (Phi) is 4.36. The third-order valence-corrected chi connectivity index (χ3v) is 4.54. The number of para-hydroxylation sites is 1. The number of carbonyl (C=O) groups is 1. The summed E-state index contributed by atoms with van der Waals surface area (Å²) in [5.74, 6) is 1.38. The van der Waals surface area contributed by atoms with Crippen LogP contribution in [0.4, 0.5) is 5.69 Å². The monoisotopic (exact) mass is 266 g/mol. The minimum absolute atomic E-state index is 0.00872. The molecule has 1 saturated heterocycles. The summed E-state index contributed by atoms with van der Waals surface area (Å²) in [6.07, 6.45) is 1.93. The van der Waals surface area contributed by atoms with E-state index in [1.54, 1.807) is 6.07 Å². The summed E-state index contributed by atoms with van der Waals surface area (Å²) in [4.78, 5) is 11.9. The van der Waals surface area contributed by atoms with Crippen molar-refractivity contribution in [2.45, 2.75) is 25.3 Å². The van der Waals surface area contributed by atoms with Crippen molar-refractivity contribution in [3.05, 3.63) is 29.8 Å². The standard InChI is InChI=1S/C13H18N2O2S/c14-12-4-2-1-3-10(12)9-13(16)15-11-5-7-18(17)8-6-11/h1-4,11H,5-9,14H2,(H,15,16). The van der Waals surface area contributed by atoms with Gasteiger partial charge in [0.05, 0.1) is 6.42 Å². The number of anilines is 1. The fraction of sp³-hybridized carbons (Fsp3) is 0.462. The van der Waals surface area contributed by atoms with Crippen LogP contribution >= 0.6 is 0 Å². The van der Waals surface area contributed by atoms with Crippen LogP contribution in [-0.2, 0) is 22.0 Å². The van der Waals surface area contributed by atoms with E-state index in [1.165, 1.54) is 0 Å². The highest BCUT2D eigenvalue weighted by Gasteiger charge is 2.19. The summed E-state index contributed by atoms with van der Waals surface area (Å²) in [6.45, 7) is 0. The minimum Gasteiger partial charge on any atom is -0.398 e. The molecule has 0 spiro atoms. The smallest absolute Gasteiger partial charge is 0.224 e. The average Bonchev–Trinajstić information content (AvgIpc) is 2.35. The van der Waals surface area contributed by atoms with Crippen molar-refractivity contribution in [1.29, 1.82) is 0 Å². The first-order valence-electron chi connectivity index (χ1n) is 6.13. The second-order valence-electron chi connectivity index (χ2n) is 4.57. The summed E-state index contributed by atoms with van der Waals surface area (Å²) >= 11 is 0. The van der Waals surface area contributed by atoms with E-state index >= 15 is 0 Å². The van der Waals surface area contributed by atoms with Crippen LogP contribution in [0.5, 0.6) is 0 Å². The summed E-state index contributed by atoms with van der Waals surface area (Å²) in [6, 6.07) is 7.56. The Morgan fingerprint density at radius 2 is 2.00 bits per heavy atom. The van der Waals surface area contributed by atoms with Crippen LogP contribution in [0.15, 0.2) is 24.3 Å². The Labute approximate surface area is 109 Å². The number of nitrogens with two attached hydrogens (primary N) is 1. The average molecular weight is 266 g/mol. The van der Waals surface area contributed by atoms with Gasteiger partial charge in [0.1, 0.15) is 0 Å². The lowest BCUT2D eigenvalue weighted by Gasteiger charge is -2.22. The van der Waals surface area contributed by atoms with Crippen LogP contribution in [0.2, 0.25) is 0 Å². The molecule has 1 fully saturated rings. The Morgan fingerprint density at radius 1 is 1.33 bits per heavy atom. The third kappa shape index (κ3) is 3.57. The minimum atomic E-state index is -0.689. The summed E-state index contributed by atoms with van der Waals surface area (Å²) in [5.41, 5.74) is 7.31. The van der Waals surface area contributed by atoms with E-state index in [9.17, 15) is 9.00 Å². The summed E-state index contributed by atoms with van der Waals surface area (Å²) < 4.78 is 11.2. The Bertz CT molecular complexity index is 452. The topological polar surface area (TPSA) is 72.2 Å². The van der Waals surface area contributed by atoms with E-state index in [2.05, 4.69) is 5.32 Å². The second-order valence-corrected chi connectivity index (χ2v) is 6.26. The van der Waals surface area contributed by atoms with E-state index in [0.717, 1.165) is 18.4 Å². The van der Waals surface area contributed by atoms with Crippen LogP contribution in [-0.4, -0.2) is 27.7 Å². The zero-order valence-electron chi connectivity index (χ0n) is 10.2.